The topological polar surface area (TPSA) is 0 Å². The third-order valence-corrected chi connectivity index (χ3v) is 7.02. The Kier molecular flexibility index (Phi) is 4.28. The molecule has 2 aromatic carbocycles. The van der Waals surface area contributed by atoms with Gasteiger partial charge in [0.25, 0.3) is 0 Å². The molecule has 2 rings (SSSR count). The van der Waals surface area contributed by atoms with Gasteiger partial charge in [-0.1, -0.05) is 30.3 Å². The molecule has 2 aromatic rings. The van der Waals surface area contributed by atoms with Crippen molar-refractivity contribution in [2.75, 3.05) is 0 Å². The molecule has 15 heavy (non-hydrogen) atoms. The quantitative estimate of drug-likeness (QED) is 0.352. The lowest BCUT2D eigenvalue weighted by molar-refractivity contribution is 1.51. The van der Waals surface area contributed by atoms with Crippen LogP contribution in [0.25, 0.3) is 11.1 Å². The molecule has 0 amide bonds. The highest BCUT2D eigenvalue weighted by Gasteiger charge is 2.05. The standard InChI is InChI=1S/C12H7I3/c13-10-6-9(7-11(14)12(10)15)8-4-2-1-3-5-8/h1-7H. The van der Waals surface area contributed by atoms with Crippen LogP contribution in [0.15, 0.2) is 42.5 Å². The van der Waals surface area contributed by atoms with Gasteiger partial charge >= 0.3 is 0 Å². The first-order chi connectivity index (χ1) is 7.18. The van der Waals surface area contributed by atoms with E-state index in [1.165, 1.54) is 21.8 Å². The van der Waals surface area contributed by atoms with Crippen LogP contribution in [0.1, 0.15) is 0 Å². The van der Waals surface area contributed by atoms with Crippen molar-refractivity contribution >= 4 is 67.8 Å². The minimum Gasteiger partial charge on any atom is -0.0622 e. The summed E-state index contributed by atoms with van der Waals surface area (Å²) in [6.07, 6.45) is 0. The first kappa shape index (κ1) is 12.1. The van der Waals surface area contributed by atoms with Crippen molar-refractivity contribution in [1.82, 2.24) is 0 Å². The molecular formula is C12H7I3. The maximum absolute atomic E-state index is 2.39. The minimum atomic E-state index is 1.28. The summed E-state index contributed by atoms with van der Waals surface area (Å²) in [7, 11) is 0. The Morgan fingerprint density at radius 3 is 1.73 bits per heavy atom. The van der Waals surface area contributed by atoms with Crippen molar-refractivity contribution in [2.24, 2.45) is 0 Å². The molecule has 0 saturated heterocycles. The van der Waals surface area contributed by atoms with Crippen LogP contribution in [0.4, 0.5) is 0 Å². The first-order valence-electron chi connectivity index (χ1n) is 4.38. The lowest BCUT2D eigenvalue weighted by atomic mass is 10.1. The summed E-state index contributed by atoms with van der Waals surface area (Å²) in [6, 6.07) is 15.0. The molecule has 0 aromatic heterocycles. The normalized spacial score (nSPS) is 10.3. The van der Waals surface area contributed by atoms with Gasteiger partial charge in [0.2, 0.25) is 0 Å². The van der Waals surface area contributed by atoms with Crippen LogP contribution in [0.5, 0.6) is 0 Å². The summed E-state index contributed by atoms with van der Waals surface area (Å²) in [6.45, 7) is 0. The third kappa shape index (κ3) is 2.85. The molecule has 3 heteroatoms. The molecule has 0 atom stereocenters. The highest BCUT2D eigenvalue weighted by atomic mass is 127. The minimum absolute atomic E-state index is 1.28. The van der Waals surface area contributed by atoms with E-state index in [0.717, 1.165) is 0 Å². The molecule has 0 radical (unpaired) electrons. The Morgan fingerprint density at radius 2 is 1.20 bits per heavy atom. The second-order valence-electron chi connectivity index (χ2n) is 3.12. The van der Waals surface area contributed by atoms with Crippen molar-refractivity contribution in [3.63, 3.8) is 0 Å². The van der Waals surface area contributed by atoms with Crippen LogP contribution in [0.3, 0.4) is 0 Å². The van der Waals surface area contributed by atoms with Gasteiger partial charge in [-0.15, -0.1) is 0 Å². The Balaban J connectivity index is 2.56. The Hall–Kier alpha value is 0.630. The second-order valence-corrected chi connectivity index (χ2v) is 6.52. The molecule has 0 spiro atoms. The molecular weight excluding hydrogens is 525 g/mol. The van der Waals surface area contributed by atoms with Crippen molar-refractivity contribution in [1.29, 1.82) is 0 Å². The molecule has 0 fully saturated rings. The fraction of sp³-hybridized carbons (Fsp3) is 0. The van der Waals surface area contributed by atoms with Crippen molar-refractivity contribution < 1.29 is 0 Å². The first-order valence-corrected chi connectivity index (χ1v) is 7.62. The Labute approximate surface area is 130 Å². The maximum atomic E-state index is 2.39. The highest BCUT2D eigenvalue weighted by Crippen LogP contribution is 2.28. The molecule has 0 saturated carbocycles. The lowest BCUT2D eigenvalue weighted by Gasteiger charge is -2.06. The van der Waals surface area contributed by atoms with Gasteiger partial charge in [-0.3, -0.25) is 0 Å². The zero-order valence-corrected chi connectivity index (χ0v) is 14.1. The van der Waals surface area contributed by atoms with Crippen molar-refractivity contribution in [3.05, 3.63) is 53.2 Å². The second kappa shape index (κ2) is 5.31. The fourth-order valence-electron chi connectivity index (χ4n) is 1.35. The van der Waals surface area contributed by atoms with E-state index in [1.807, 2.05) is 6.07 Å². The number of hydrogen-bond donors (Lipinski definition) is 0. The van der Waals surface area contributed by atoms with Crippen LogP contribution in [-0.2, 0) is 0 Å². The van der Waals surface area contributed by atoms with Gasteiger partial charge in [-0.2, -0.15) is 0 Å². The third-order valence-electron chi connectivity index (χ3n) is 2.09. The molecule has 0 N–H and O–H groups in total. The van der Waals surface area contributed by atoms with Crippen molar-refractivity contribution in [3.8, 4) is 11.1 Å². The average Bonchev–Trinajstić information content (AvgIpc) is 2.26. The summed E-state index contributed by atoms with van der Waals surface area (Å²) in [4.78, 5) is 0. The summed E-state index contributed by atoms with van der Waals surface area (Å²) in [5.74, 6) is 0. The van der Waals surface area contributed by atoms with Crippen LogP contribution >= 0.6 is 67.8 Å². The van der Waals surface area contributed by atoms with Crippen LogP contribution < -0.4 is 0 Å². The predicted octanol–water partition coefficient (Wildman–Crippen LogP) is 5.17. The highest BCUT2D eigenvalue weighted by molar-refractivity contribution is 14.1. The van der Waals surface area contributed by atoms with Gasteiger partial charge in [0.1, 0.15) is 0 Å². The zero-order valence-electron chi connectivity index (χ0n) is 7.68. The predicted molar refractivity (Wildman–Crippen MR) is 90.0 cm³/mol. The van der Waals surface area contributed by atoms with Crippen LogP contribution in [0.2, 0.25) is 0 Å². The maximum Gasteiger partial charge on any atom is 0.0397 e. The molecule has 0 aliphatic carbocycles. The summed E-state index contributed by atoms with van der Waals surface area (Å²) in [5, 5.41) is 0. The summed E-state index contributed by atoms with van der Waals surface area (Å²) >= 11 is 7.17. The van der Waals surface area contributed by atoms with E-state index in [9.17, 15) is 0 Å². The number of rotatable bonds is 1. The molecule has 0 aliphatic heterocycles. The zero-order chi connectivity index (χ0) is 10.8. The lowest BCUT2D eigenvalue weighted by Crippen LogP contribution is -1.87. The van der Waals surface area contributed by atoms with Crippen LogP contribution in [-0.4, -0.2) is 0 Å². The van der Waals surface area contributed by atoms with Gasteiger partial charge in [0.05, 0.1) is 0 Å². The molecule has 0 heterocycles. The van der Waals surface area contributed by atoms with Gasteiger partial charge in [-0.25, -0.2) is 0 Å². The Morgan fingerprint density at radius 1 is 0.667 bits per heavy atom. The van der Waals surface area contributed by atoms with E-state index >= 15 is 0 Å². The smallest absolute Gasteiger partial charge is 0.0397 e. The average molecular weight is 532 g/mol. The largest absolute Gasteiger partial charge is 0.0622 e. The molecule has 76 valence electrons. The van der Waals surface area contributed by atoms with Gasteiger partial charge in [-0.05, 0) is 91.0 Å². The number of halogens is 3. The monoisotopic (exact) mass is 532 g/mol. The van der Waals surface area contributed by atoms with Crippen molar-refractivity contribution in [2.45, 2.75) is 0 Å². The molecule has 0 aliphatic rings. The number of hydrogen-bond acceptors (Lipinski definition) is 0. The SMILES string of the molecule is Ic1cc(-c2ccccc2)cc(I)c1I. The van der Waals surface area contributed by atoms with E-state index < -0.39 is 0 Å². The molecule has 0 unspecified atom stereocenters. The molecule has 0 bridgehead atoms. The van der Waals surface area contributed by atoms with Gasteiger partial charge in [0, 0.05) is 10.7 Å². The van der Waals surface area contributed by atoms with Gasteiger partial charge in [0.15, 0.2) is 0 Å². The summed E-state index contributed by atoms with van der Waals surface area (Å²) in [5.41, 5.74) is 2.58. The molecule has 0 nitrogen and oxygen atoms in total. The van der Waals surface area contributed by atoms with E-state index in [1.54, 1.807) is 0 Å². The van der Waals surface area contributed by atoms with E-state index in [0.29, 0.717) is 0 Å². The number of benzene rings is 2. The van der Waals surface area contributed by atoms with E-state index in [-0.39, 0.29) is 0 Å². The van der Waals surface area contributed by atoms with Gasteiger partial charge < -0.3 is 0 Å². The fourth-order valence-corrected chi connectivity index (χ4v) is 3.43. The Bertz CT molecular complexity index is 454. The summed E-state index contributed by atoms with van der Waals surface area (Å²) < 4.78 is 3.98. The van der Waals surface area contributed by atoms with E-state index in [4.69, 9.17) is 0 Å². The van der Waals surface area contributed by atoms with Crippen LogP contribution in [0, 0.1) is 10.7 Å². The van der Waals surface area contributed by atoms with E-state index in [2.05, 4.69) is 104 Å².